The SMILES string of the molecule is CC(C)(OC(=O)N(CCc1ccccc1)C(=O)OC(C)(C)C1CCCCC1)C1CCCCC1.CCC(C)(C)OC(=O)N(CCc1ccccc1)C(=O)OC(C)(C)CC.CCC(CC)(CC)OC(=O)CCCc1ccccc1.CCC1(OC(=O)N(CCc2ccccc2)C(=O)OC2(CC)CCCCC2)CCCCC1.COc1ccc(COC(=O)N(CCc2ccccc2)C(=O)OCc2ccc(OC)cc2)cc1. The molecule has 4 saturated carbocycles. The maximum absolute atomic E-state index is 13.3. The molecule has 24 nitrogen and oxygen atoms in total. The molecule has 24 heteroatoms. The van der Waals surface area contributed by atoms with Crippen LogP contribution in [0.25, 0.3) is 0 Å². The largest absolute Gasteiger partial charge is 0.497 e. The van der Waals surface area contributed by atoms with Gasteiger partial charge in [0.2, 0.25) is 0 Å². The van der Waals surface area contributed by atoms with E-state index in [4.69, 9.17) is 52.1 Å². The molecule has 0 heterocycles. The van der Waals surface area contributed by atoms with E-state index in [1.807, 2.05) is 209 Å². The van der Waals surface area contributed by atoms with Gasteiger partial charge in [0.25, 0.3) is 0 Å². The van der Waals surface area contributed by atoms with Gasteiger partial charge in [-0.2, -0.15) is 0 Å². The van der Waals surface area contributed by atoms with E-state index < -0.39 is 82.4 Å². The first-order chi connectivity index (χ1) is 67.5. The van der Waals surface area contributed by atoms with E-state index >= 15 is 0 Å². The van der Waals surface area contributed by atoms with Crippen LogP contribution in [0.5, 0.6) is 11.5 Å². The lowest BCUT2D eigenvalue weighted by atomic mass is 9.79. The summed E-state index contributed by atoms with van der Waals surface area (Å²) in [6, 6.07) is 63.7. The molecule has 774 valence electrons. The summed E-state index contributed by atoms with van der Waals surface area (Å²) in [4.78, 5) is 120. The summed E-state index contributed by atoms with van der Waals surface area (Å²) in [5.74, 6) is 2.00. The van der Waals surface area contributed by atoms with Gasteiger partial charge in [-0.25, -0.2) is 58.0 Å². The van der Waals surface area contributed by atoms with E-state index in [0.29, 0.717) is 68.3 Å². The third-order valence-corrected chi connectivity index (χ3v) is 28.4. The van der Waals surface area contributed by atoms with Gasteiger partial charge in [0.15, 0.2) is 0 Å². The molecule has 141 heavy (non-hydrogen) atoms. The highest BCUT2D eigenvalue weighted by molar-refractivity contribution is 5.90. The van der Waals surface area contributed by atoms with Crippen molar-refractivity contribution in [1.82, 2.24) is 19.6 Å². The number of methoxy groups -OCH3 is 2. The van der Waals surface area contributed by atoms with Gasteiger partial charge in [0.05, 0.1) is 14.2 Å². The molecule has 0 bridgehead atoms. The number of amides is 8. The van der Waals surface area contributed by atoms with Crippen LogP contribution in [0.4, 0.5) is 38.4 Å². The molecule has 0 saturated heterocycles. The Morgan fingerprint density at radius 2 is 0.567 bits per heavy atom. The van der Waals surface area contributed by atoms with Crippen LogP contribution in [0.3, 0.4) is 0 Å². The zero-order valence-corrected chi connectivity index (χ0v) is 87.9. The van der Waals surface area contributed by atoms with Crippen LogP contribution in [-0.2, 0) is 92.7 Å². The Morgan fingerprint density at radius 3 is 0.844 bits per heavy atom. The topological polar surface area (TPSA) is 268 Å². The molecule has 0 unspecified atom stereocenters. The molecule has 4 aliphatic carbocycles. The maximum atomic E-state index is 13.3. The Hall–Kier alpha value is -11.4. The number of ether oxygens (including phenoxy) is 11. The van der Waals surface area contributed by atoms with Gasteiger partial charge in [-0.15, -0.1) is 0 Å². The number of imide groups is 4. The highest BCUT2D eigenvalue weighted by Crippen LogP contribution is 2.41. The summed E-state index contributed by atoms with van der Waals surface area (Å²) in [6.07, 6.45) is 26.4. The molecule has 4 aliphatic rings. The van der Waals surface area contributed by atoms with Crippen molar-refractivity contribution in [2.45, 2.75) is 375 Å². The fraction of sp³-hybridized carbons (Fsp3) is 0.564. The molecule has 0 atom stereocenters. The molecule has 7 aromatic rings. The van der Waals surface area contributed by atoms with Crippen LogP contribution in [0, 0.1) is 11.8 Å². The van der Waals surface area contributed by atoms with Crippen LogP contribution < -0.4 is 9.47 Å². The summed E-state index contributed by atoms with van der Waals surface area (Å²) >= 11 is 0. The Labute approximate surface area is 842 Å². The first kappa shape index (κ1) is 117. The number of hydrogen-bond acceptors (Lipinski definition) is 20. The highest BCUT2D eigenvalue weighted by atomic mass is 16.6. The molecule has 4 fully saturated rings. The highest BCUT2D eigenvalue weighted by Gasteiger charge is 2.44. The van der Waals surface area contributed by atoms with Crippen LogP contribution in [0.2, 0.25) is 0 Å². The minimum Gasteiger partial charge on any atom is -0.497 e. The van der Waals surface area contributed by atoms with E-state index in [2.05, 4.69) is 46.8 Å². The second-order valence-corrected chi connectivity index (χ2v) is 39.9. The summed E-state index contributed by atoms with van der Waals surface area (Å²) in [5.41, 5.74) is 3.38. The van der Waals surface area contributed by atoms with Gasteiger partial charge in [0.1, 0.15) is 63.9 Å². The van der Waals surface area contributed by atoms with Crippen LogP contribution in [0.1, 0.15) is 329 Å². The fourth-order valence-electron chi connectivity index (χ4n) is 17.8. The number of aryl methyl sites for hydroxylation is 1. The molecule has 8 amide bonds. The van der Waals surface area contributed by atoms with Crippen molar-refractivity contribution in [3.63, 3.8) is 0 Å². The summed E-state index contributed by atoms with van der Waals surface area (Å²) in [5, 5.41) is 0. The van der Waals surface area contributed by atoms with Gasteiger partial charge < -0.3 is 52.1 Å². The van der Waals surface area contributed by atoms with Crippen molar-refractivity contribution >= 4 is 54.7 Å². The van der Waals surface area contributed by atoms with Crippen molar-refractivity contribution in [2.75, 3.05) is 40.4 Å². The summed E-state index contributed by atoms with van der Waals surface area (Å²) < 4.78 is 61.8. The lowest BCUT2D eigenvalue weighted by Crippen LogP contribution is -2.48. The van der Waals surface area contributed by atoms with Gasteiger partial charge in [-0.05, 0) is 291 Å². The van der Waals surface area contributed by atoms with Crippen molar-refractivity contribution in [3.05, 3.63) is 239 Å². The van der Waals surface area contributed by atoms with E-state index in [9.17, 15) is 43.2 Å². The Kier molecular flexibility index (Phi) is 49.7. The Balaban J connectivity index is 0.000000242. The number of rotatable bonds is 38. The predicted molar refractivity (Wildman–Crippen MR) is 554 cm³/mol. The Morgan fingerprint density at radius 1 is 0.298 bits per heavy atom. The van der Waals surface area contributed by atoms with Gasteiger partial charge >= 0.3 is 54.7 Å². The Bertz CT molecular complexity index is 4610. The normalized spacial score (nSPS) is 14.7. The third-order valence-electron chi connectivity index (χ3n) is 28.4. The maximum Gasteiger partial charge on any atom is 0.419 e. The van der Waals surface area contributed by atoms with E-state index in [0.717, 1.165) is 165 Å². The van der Waals surface area contributed by atoms with Crippen molar-refractivity contribution in [1.29, 1.82) is 0 Å². The molecule has 0 aromatic heterocycles. The quantitative estimate of drug-likeness (QED) is 0.0257. The van der Waals surface area contributed by atoms with Gasteiger partial charge in [-0.3, -0.25) is 4.79 Å². The number of esters is 1. The molecular formula is C117H166N4O20. The lowest BCUT2D eigenvalue weighted by Gasteiger charge is -2.39. The van der Waals surface area contributed by atoms with Crippen LogP contribution >= 0.6 is 0 Å². The van der Waals surface area contributed by atoms with Crippen molar-refractivity contribution in [3.8, 4) is 11.5 Å². The lowest BCUT2D eigenvalue weighted by molar-refractivity contribution is -0.161. The number of carbonyl (C=O) groups excluding carboxylic acids is 9. The minimum absolute atomic E-state index is 0.0242. The number of carbonyl (C=O) groups is 9. The zero-order valence-electron chi connectivity index (χ0n) is 87.9. The monoisotopic (exact) mass is 1950 g/mol. The smallest absolute Gasteiger partial charge is 0.419 e. The number of nitrogens with zero attached hydrogens (tertiary/aromatic N) is 4. The minimum atomic E-state index is -0.763. The van der Waals surface area contributed by atoms with Gasteiger partial charge in [0, 0.05) is 32.6 Å². The van der Waals surface area contributed by atoms with Crippen LogP contribution in [-0.4, -0.2) is 154 Å². The molecule has 0 radical (unpaired) electrons. The second-order valence-electron chi connectivity index (χ2n) is 39.9. The zero-order chi connectivity index (χ0) is 103. The first-order valence-electron chi connectivity index (χ1n) is 52.0. The third kappa shape index (κ3) is 40.8. The van der Waals surface area contributed by atoms with Crippen LogP contribution in [0.15, 0.2) is 200 Å². The average molecular weight is 1950 g/mol. The molecular weight excluding hydrogens is 1780 g/mol. The molecule has 0 aliphatic heterocycles. The molecule has 7 aromatic carbocycles. The molecule has 11 rings (SSSR count). The standard InChI is InChI=1S/C28H43NO4.C26H27NO6.C26H39NO4.C20H31NO4.C17H26O2/c1-27(2,23-16-10-6-11-17-23)32-25(30)29(21-20-22-14-8-5-9-15-22)26(31)33-28(3,4)24-18-12-7-13-19-24;1-30-23-12-8-21(9-13-23)18-32-25(28)27(17-16-20-6-4-3-5-7-20)26(29)33-19-22-10-14-24(31-2)15-11-22;1-3-25(17-10-6-11-18-25)30-23(28)27(21-16-22-14-8-5-9-15-22)24(29)31-26(4-2)19-12-7-13-20-26;1-7-19(3,4)24-17(22)21(18(23)25-20(5,6)8-2)15-14-16-12-10-9-11-13-16;1-4-17(5-2,6-3)19-16(18)14-10-13-15-11-8-7-9-12-15/h5,8-9,14-15,23-24H,6-7,10-13,16-21H2,1-4H3;3-15H,16-19H2,1-2H3;5,8-9,14-15H,3-4,6-7,10-13,16-21H2,1-2H3;9-13H,7-8,14-15H2,1-6H3;7-9,11-12H,4-6,10,13-14H2,1-3H3. The molecule has 0 N–H and O–H groups in total. The summed E-state index contributed by atoms with van der Waals surface area (Å²) in [7, 11) is 3.16. The predicted octanol–water partition coefficient (Wildman–Crippen LogP) is 29.5. The van der Waals surface area contributed by atoms with Gasteiger partial charge in [-0.1, -0.05) is 276 Å². The van der Waals surface area contributed by atoms with E-state index in [1.54, 1.807) is 62.8 Å². The number of benzene rings is 7. The average Bonchev–Trinajstić information content (AvgIpc) is 0.814. The molecule has 0 spiro atoms. The first-order valence-corrected chi connectivity index (χ1v) is 52.0. The fourth-order valence-corrected chi connectivity index (χ4v) is 17.8. The summed E-state index contributed by atoms with van der Waals surface area (Å²) in [6.45, 7) is 30.4. The number of hydrogen-bond donors (Lipinski definition) is 0. The van der Waals surface area contributed by atoms with Crippen molar-refractivity contribution < 1.29 is 95.3 Å². The van der Waals surface area contributed by atoms with Crippen molar-refractivity contribution in [2.24, 2.45) is 11.8 Å². The second kappa shape index (κ2) is 60.1. The van der Waals surface area contributed by atoms with E-state index in [-0.39, 0.29) is 51.0 Å². The van der Waals surface area contributed by atoms with E-state index in [1.165, 1.54) is 66.7 Å².